The van der Waals surface area contributed by atoms with Crippen molar-refractivity contribution in [2.24, 2.45) is 0 Å². The van der Waals surface area contributed by atoms with Gasteiger partial charge in [-0.2, -0.15) is 0 Å². The third-order valence-electron chi connectivity index (χ3n) is 5.12. The van der Waals surface area contributed by atoms with Crippen molar-refractivity contribution in [1.29, 1.82) is 0 Å². The van der Waals surface area contributed by atoms with E-state index in [1.807, 2.05) is 0 Å². The van der Waals surface area contributed by atoms with Crippen molar-refractivity contribution >= 4 is 0 Å². The summed E-state index contributed by atoms with van der Waals surface area (Å²) in [5.74, 6) is 0.385. The van der Waals surface area contributed by atoms with E-state index in [0.717, 1.165) is 32.5 Å². The monoisotopic (exact) mass is 300 g/mol. The van der Waals surface area contributed by atoms with Gasteiger partial charge >= 0.3 is 0 Å². The van der Waals surface area contributed by atoms with E-state index in [1.165, 1.54) is 30.4 Å². The second-order valence-electron chi connectivity index (χ2n) is 6.88. The normalized spacial score (nSPS) is 21.8. The Morgan fingerprint density at radius 1 is 1.14 bits per heavy atom. The first-order chi connectivity index (χ1) is 10.7. The number of hydrogen-bond acceptors (Lipinski definition) is 2. The molecule has 1 fully saturated rings. The smallest absolute Gasteiger partial charge is 0.172 e. The number of benzene rings is 1. The molecule has 22 heavy (non-hydrogen) atoms. The molecule has 1 aromatic carbocycles. The molecule has 2 heteroatoms. The van der Waals surface area contributed by atoms with Gasteiger partial charge in [-0.1, -0.05) is 48.4 Å². The fraction of sp³-hybridized carbons (Fsp3) is 0.600. The fourth-order valence-electron chi connectivity index (χ4n) is 3.54. The summed E-state index contributed by atoms with van der Waals surface area (Å²) >= 11 is 0. The van der Waals surface area contributed by atoms with Crippen LogP contribution in [0.2, 0.25) is 0 Å². The molecule has 120 valence electrons. The summed E-state index contributed by atoms with van der Waals surface area (Å²) in [7, 11) is 0. The predicted octanol–water partition coefficient (Wildman–Crippen LogP) is 5.12. The van der Waals surface area contributed by atoms with Gasteiger partial charge in [0.15, 0.2) is 5.79 Å². The van der Waals surface area contributed by atoms with E-state index in [2.05, 4.69) is 44.2 Å². The molecule has 0 aromatic heterocycles. The van der Waals surface area contributed by atoms with E-state index < -0.39 is 0 Å². The molecule has 0 bridgehead atoms. The maximum atomic E-state index is 5.77. The minimum Gasteiger partial charge on any atom is -0.347 e. The lowest BCUT2D eigenvalue weighted by Gasteiger charge is -2.30. The van der Waals surface area contributed by atoms with Gasteiger partial charge in [0, 0.05) is 12.8 Å². The van der Waals surface area contributed by atoms with Crippen molar-refractivity contribution in [2.75, 3.05) is 13.2 Å². The topological polar surface area (TPSA) is 18.5 Å². The molecule has 2 nitrogen and oxygen atoms in total. The Balaban J connectivity index is 1.43. The van der Waals surface area contributed by atoms with Gasteiger partial charge < -0.3 is 9.47 Å². The van der Waals surface area contributed by atoms with E-state index >= 15 is 0 Å². The van der Waals surface area contributed by atoms with E-state index in [0.29, 0.717) is 5.92 Å². The van der Waals surface area contributed by atoms with Gasteiger partial charge in [0.25, 0.3) is 0 Å². The number of hydrogen-bond donors (Lipinski definition) is 0. The average Bonchev–Trinajstić information content (AvgIpc) is 2.98. The van der Waals surface area contributed by atoms with Crippen LogP contribution in [0.4, 0.5) is 0 Å². The number of aryl methyl sites for hydroxylation is 1. The molecule has 0 radical (unpaired) electrons. The first-order valence-electron chi connectivity index (χ1n) is 8.69. The standard InChI is InChI=1S/C20H28O2/c1-16-6-8-19(9-7-16)17(2)4-3-5-18-10-12-20(13-11-18)21-14-15-22-20/h6-10,17H,3-5,11-15H2,1-2H3/t17-/m0/s1. The molecule has 1 spiro atoms. The van der Waals surface area contributed by atoms with Crippen LogP contribution in [0.1, 0.15) is 62.5 Å². The van der Waals surface area contributed by atoms with Gasteiger partial charge in [-0.25, -0.2) is 0 Å². The molecule has 0 unspecified atom stereocenters. The lowest BCUT2D eigenvalue weighted by Crippen LogP contribution is -2.31. The molecule has 1 aromatic rings. The SMILES string of the molecule is Cc1ccc([C@@H](C)CCCC2=CCC3(CC2)OCCO3)cc1. The van der Waals surface area contributed by atoms with Gasteiger partial charge in [-0.05, 0) is 44.1 Å². The van der Waals surface area contributed by atoms with Crippen LogP contribution in [0.25, 0.3) is 0 Å². The van der Waals surface area contributed by atoms with Gasteiger partial charge in [0.05, 0.1) is 13.2 Å². The summed E-state index contributed by atoms with van der Waals surface area (Å²) in [6.07, 6.45) is 9.24. The van der Waals surface area contributed by atoms with Crippen LogP contribution >= 0.6 is 0 Å². The van der Waals surface area contributed by atoms with Crippen LogP contribution < -0.4 is 0 Å². The molecule has 0 N–H and O–H groups in total. The Bertz CT molecular complexity index is 509. The van der Waals surface area contributed by atoms with Gasteiger partial charge in [0.1, 0.15) is 0 Å². The van der Waals surface area contributed by atoms with Crippen LogP contribution in [0.15, 0.2) is 35.9 Å². The van der Waals surface area contributed by atoms with Crippen LogP contribution in [0.3, 0.4) is 0 Å². The van der Waals surface area contributed by atoms with Crippen LogP contribution in [0, 0.1) is 6.92 Å². The van der Waals surface area contributed by atoms with E-state index in [4.69, 9.17) is 9.47 Å². The zero-order valence-corrected chi connectivity index (χ0v) is 13.9. The number of allylic oxidation sites excluding steroid dienone is 1. The molecule has 1 saturated heterocycles. The highest BCUT2D eigenvalue weighted by Crippen LogP contribution is 2.36. The minimum absolute atomic E-state index is 0.265. The van der Waals surface area contributed by atoms with Gasteiger partial charge in [-0.3, -0.25) is 0 Å². The molecular formula is C20H28O2. The Labute approximate surface area is 134 Å². The first kappa shape index (κ1) is 15.8. The lowest BCUT2D eigenvalue weighted by atomic mass is 9.89. The highest BCUT2D eigenvalue weighted by Gasteiger charge is 2.37. The van der Waals surface area contributed by atoms with E-state index in [-0.39, 0.29) is 5.79 Å². The number of ether oxygens (including phenoxy) is 2. The second kappa shape index (κ2) is 6.97. The summed E-state index contributed by atoms with van der Waals surface area (Å²) in [4.78, 5) is 0. The Hall–Kier alpha value is -1.12. The first-order valence-corrected chi connectivity index (χ1v) is 8.69. The van der Waals surface area contributed by atoms with Crippen molar-refractivity contribution in [2.45, 2.75) is 64.1 Å². The molecule has 1 aliphatic heterocycles. The van der Waals surface area contributed by atoms with Crippen LogP contribution in [0.5, 0.6) is 0 Å². The zero-order valence-electron chi connectivity index (χ0n) is 13.9. The summed E-state index contributed by atoms with van der Waals surface area (Å²) in [5.41, 5.74) is 4.41. The highest BCUT2D eigenvalue weighted by molar-refractivity contribution is 5.24. The summed E-state index contributed by atoms with van der Waals surface area (Å²) in [6.45, 7) is 6.01. The maximum Gasteiger partial charge on any atom is 0.172 e. The Morgan fingerprint density at radius 2 is 1.86 bits per heavy atom. The Kier molecular flexibility index (Phi) is 5.00. The summed E-state index contributed by atoms with van der Waals surface area (Å²) in [5, 5.41) is 0. The lowest BCUT2D eigenvalue weighted by molar-refractivity contribution is -0.161. The molecule has 3 rings (SSSR count). The van der Waals surface area contributed by atoms with Gasteiger partial charge in [0.2, 0.25) is 0 Å². The fourth-order valence-corrected chi connectivity index (χ4v) is 3.54. The van der Waals surface area contributed by atoms with Crippen molar-refractivity contribution < 1.29 is 9.47 Å². The molecule has 1 heterocycles. The van der Waals surface area contributed by atoms with Gasteiger partial charge in [-0.15, -0.1) is 0 Å². The average molecular weight is 300 g/mol. The maximum absolute atomic E-state index is 5.77. The predicted molar refractivity (Wildman–Crippen MR) is 90.0 cm³/mol. The Morgan fingerprint density at radius 3 is 2.50 bits per heavy atom. The van der Waals surface area contributed by atoms with Crippen molar-refractivity contribution in [1.82, 2.24) is 0 Å². The van der Waals surface area contributed by atoms with Crippen molar-refractivity contribution in [3.05, 3.63) is 47.0 Å². The van der Waals surface area contributed by atoms with Crippen LogP contribution in [-0.4, -0.2) is 19.0 Å². The zero-order chi connectivity index (χ0) is 15.4. The largest absolute Gasteiger partial charge is 0.347 e. The third-order valence-corrected chi connectivity index (χ3v) is 5.12. The van der Waals surface area contributed by atoms with Crippen molar-refractivity contribution in [3.63, 3.8) is 0 Å². The molecule has 0 amide bonds. The summed E-state index contributed by atoms with van der Waals surface area (Å²) < 4.78 is 11.5. The second-order valence-corrected chi connectivity index (χ2v) is 6.88. The van der Waals surface area contributed by atoms with Crippen LogP contribution in [-0.2, 0) is 9.47 Å². The number of rotatable bonds is 5. The molecular weight excluding hydrogens is 272 g/mol. The molecule has 0 saturated carbocycles. The highest BCUT2D eigenvalue weighted by atomic mass is 16.7. The molecule has 2 aliphatic rings. The quantitative estimate of drug-likeness (QED) is 0.702. The van der Waals surface area contributed by atoms with Crippen molar-refractivity contribution in [3.8, 4) is 0 Å². The van der Waals surface area contributed by atoms with E-state index in [1.54, 1.807) is 5.57 Å². The summed E-state index contributed by atoms with van der Waals surface area (Å²) in [6, 6.07) is 8.99. The minimum atomic E-state index is -0.265. The molecule has 1 aliphatic carbocycles. The molecule has 1 atom stereocenters. The van der Waals surface area contributed by atoms with E-state index in [9.17, 15) is 0 Å². The third kappa shape index (κ3) is 3.80.